The van der Waals surface area contributed by atoms with Gasteiger partial charge in [-0.05, 0) is 39.5 Å². The van der Waals surface area contributed by atoms with Crippen LogP contribution in [0, 0.1) is 0 Å². The van der Waals surface area contributed by atoms with Crippen molar-refractivity contribution in [2.45, 2.75) is 64.1 Å². The standard InChI is InChI=1S/C13H25NO3/c1-10(2)17-9-12(13(15)16-3)14-11-7-5-4-6-8-11/h10-12,14H,4-9H2,1-3H3/p+1. The lowest BCUT2D eigenvalue weighted by molar-refractivity contribution is -0.714. The highest BCUT2D eigenvalue weighted by atomic mass is 16.5. The lowest BCUT2D eigenvalue weighted by Gasteiger charge is -2.24. The first kappa shape index (κ1) is 14.5. The quantitative estimate of drug-likeness (QED) is 0.705. The van der Waals surface area contributed by atoms with Crippen molar-refractivity contribution in [1.82, 2.24) is 0 Å². The van der Waals surface area contributed by atoms with Crippen LogP contribution in [0.4, 0.5) is 0 Å². The number of quaternary nitrogens is 1. The fraction of sp³-hybridized carbons (Fsp3) is 0.923. The first-order valence-corrected chi connectivity index (χ1v) is 6.68. The number of hydrogen-bond donors (Lipinski definition) is 1. The van der Waals surface area contributed by atoms with Crippen LogP contribution < -0.4 is 5.32 Å². The predicted octanol–water partition coefficient (Wildman–Crippen LogP) is 0.849. The van der Waals surface area contributed by atoms with E-state index in [2.05, 4.69) is 5.32 Å². The van der Waals surface area contributed by atoms with E-state index in [0.717, 1.165) is 0 Å². The third-order valence-corrected chi connectivity index (χ3v) is 3.27. The summed E-state index contributed by atoms with van der Waals surface area (Å²) in [4.78, 5) is 11.7. The Morgan fingerprint density at radius 1 is 1.29 bits per heavy atom. The van der Waals surface area contributed by atoms with Crippen molar-refractivity contribution in [3.8, 4) is 0 Å². The van der Waals surface area contributed by atoms with Crippen LogP contribution in [-0.4, -0.2) is 37.9 Å². The fourth-order valence-electron chi connectivity index (χ4n) is 2.30. The van der Waals surface area contributed by atoms with Crippen LogP contribution in [0.2, 0.25) is 0 Å². The molecule has 1 aliphatic carbocycles. The maximum absolute atomic E-state index is 11.7. The van der Waals surface area contributed by atoms with Crippen molar-refractivity contribution in [1.29, 1.82) is 0 Å². The van der Waals surface area contributed by atoms with E-state index in [9.17, 15) is 4.79 Å². The molecule has 0 saturated heterocycles. The van der Waals surface area contributed by atoms with Gasteiger partial charge in [-0.2, -0.15) is 0 Å². The summed E-state index contributed by atoms with van der Waals surface area (Å²) < 4.78 is 10.4. The number of ether oxygens (including phenoxy) is 2. The predicted molar refractivity (Wildman–Crippen MR) is 65.7 cm³/mol. The molecule has 4 nitrogen and oxygen atoms in total. The average Bonchev–Trinajstić information content (AvgIpc) is 2.34. The molecule has 0 aromatic heterocycles. The molecule has 0 radical (unpaired) electrons. The minimum absolute atomic E-state index is 0.155. The van der Waals surface area contributed by atoms with Gasteiger partial charge in [-0.3, -0.25) is 0 Å². The van der Waals surface area contributed by atoms with Gasteiger partial charge < -0.3 is 14.8 Å². The van der Waals surface area contributed by atoms with Gasteiger partial charge in [0.15, 0.2) is 0 Å². The second kappa shape index (κ2) is 7.67. The lowest BCUT2D eigenvalue weighted by atomic mass is 9.95. The molecular weight excluding hydrogens is 218 g/mol. The van der Waals surface area contributed by atoms with Gasteiger partial charge >= 0.3 is 5.97 Å². The molecule has 1 saturated carbocycles. The number of rotatable bonds is 6. The topological polar surface area (TPSA) is 52.1 Å². The minimum Gasteiger partial charge on any atom is -0.465 e. The summed E-state index contributed by atoms with van der Waals surface area (Å²) in [7, 11) is 1.44. The summed E-state index contributed by atoms with van der Waals surface area (Å²) >= 11 is 0. The van der Waals surface area contributed by atoms with Gasteiger partial charge in [-0.1, -0.05) is 6.42 Å². The van der Waals surface area contributed by atoms with Gasteiger partial charge in [0, 0.05) is 0 Å². The highest BCUT2D eigenvalue weighted by molar-refractivity contribution is 5.74. The van der Waals surface area contributed by atoms with Gasteiger partial charge in [0.05, 0.1) is 19.3 Å². The van der Waals surface area contributed by atoms with E-state index < -0.39 is 0 Å². The number of esters is 1. The molecule has 1 unspecified atom stereocenters. The number of carbonyl (C=O) groups is 1. The normalized spacial score (nSPS) is 19.3. The maximum atomic E-state index is 11.7. The Labute approximate surface area is 104 Å². The Bertz CT molecular complexity index is 225. The summed E-state index contributed by atoms with van der Waals surface area (Å²) in [5, 5.41) is 2.15. The van der Waals surface area contributed by atoms with Crippen molar-refractivity contribution in [3.63, 3.8) is 0 Å². The SMILES string of the molecule is COC(=O)C(COC(C)C)[NH2+]C1CCCCC1. The molecule has 0 aliphatic heterocycles. The van der Waals surface area contributed by atoms with Crippen LogP contribution in [0.25, 0.3) is 0 Å². The molecule has 0 bridgehead atoms. The van der Waals surface area contributed by atoms with E-state index in [1.807, 2.05) is 13.8 Å². The molecule has 0 heterocycles. The van der Waals surface area contributed by atoms with Gasteiger partial charge in [0.1, 0.15) is 6.61 Å². The van der Waals surface area contributed by atoms with Crippen LogP contribution in [-0.2, 0) is 14.3 Å². The Morgan fingerprint density at radius 3 is 2.47 bits per heavy atom. The largest absolute Gasteiger partial charge is 0.465 e. The number of carbonyl (C=O) groups excluding carboxylic acids is 1. The molecule has 1 atom stereocenters. The Morgan fingerprint density at radius 2 is 1.94 bits per heavy atom. The zero-order valence-electron chi connectivity index (χ0n) is 11.3. The molecule has 1 fully saturated rings. The Hall–Kier alpha value is -0.610. The summed E-state index contributed by atoms with van der Waals surface area (Å²) in [6, 6.07) is 0.356. The Balaban J connectivity index is 2.41. The van der Waals surface area contributed by atoms with E-state index in [0.29, 0.717) is 12.6 Å². The summed E-state index contributed by atoms with van der Waals surface area (Å²) in [5.74, 6) is -0.170. The van der Waals surface area contributed by atoms with Gasteiger partial charge in [0.25, 0.3) is 0 Å². The third kappa shape index (κ3) is 5.50. The smallest absolute Gasteiger partial charge is 0.367 e. The number of nitrogens with two attached hydrogens (primary N) is 1. The lowest BCUT2D eigenvalue weighted by Crippen LogP contribution is -2.97. The molecular formula is C13H26NO3+. The first-order chi connectivity index (χ1) is 8.13. The number of hydrogen-bond acceptors (Lipinski definition) is 3. The summed E-state index contributed by atoms with van der Waals surface area (Å²) in [6.07, 6.45) is 6.45. The molecule has 4 heteroatoms. The van der Waals surface area contributed by atoms with Crippen LogP contribution in [0.3, 0.4) is 0 Å². The zero-order chi connectivity index (χ0) is 12.7. The molecule has 0 aromatic rings. The molecule has 1 aliphatic rings. The van der Waals surface area contributed by atoms with E-state index >= 15 is 0 Å². The second-order valence-electron chi connectivity index (χ2n) is 5.10. The monoisotopic (exact) mass is 244 g/mol. The summed E-state index contributed by atoms with van der Waals surface area (Å²) in [5.41, 5.74) is 0. The number of methoxy groups -OCH3 is 1. The van der Waals surface area contributed by atoms with E-state index in [1.54, 1.807) is 0 Å². The van der Waals surface area contributed by atoms with Gasteiger partial charge in [-0.25, -0.2) is 4.79 Å². The molecule has 0 aromatic carbocycles. The van der Waals surface area contributed by atoms with Crippen molar-refractivity contribution in [3.05, 3.63) is 0 Å². The average molecular weight is 244 g/mol. The minimum atomic E-state index is -0.203. The molecule has 2 N–H and O–H groups in total. The molecule has 17 heavy (non-hydrogen) atoms. The van der Waals surface area contributed by atoms with Gasteiger partial charge in [0.2, 0.25) is 6.04 Å². The third-order valence-electron chi connectivity index (χ3n) is 3.27. The van der Waals surface area contributed by atoms with Crippen LogP contribution >= 0.6 is 0 Å². The van der Waals surface area contributed by atoms with E-state index in [1.165, 1.54) is 39.2 Å². The fourth-order valence-corrected chi connectivity index (χ4v) is 2.30. The van der Waals surface area contributed by atoms with Crippen LogP contribution in [0.1, 0.15) is 46.0 Å². The molecule has 0 spiro atoms. The van der Waals surface area contributed by atoms with Crippen molar-refractivity contribution >= 4 is 5.97 Å². The molecule has 1 rings (SSSR count). The Kier molecular flexibility index (Phi) is 6.52. The maximum Gasteiger partial charge on any atom is 0.367 e. The van der Waals surface area contributed by atoms with Gasteiger partial charge in [-0.15, -0.1) is 0 Å². The van der Waals surface area contributed by atoms with Crippen molar-refractivity contribution < 1.29 is 19.6 Å². The van der Waals surface area contributed by atoms with Crippen molar-refractivity contribution in [2.24, 2.45) is 0 Å². The second-order valence-corrected chi connectivity index (χ2v) is 5.10. The zero-order valence-corrected chi connectivity index (χ0v) is 11.3. The van der Waals surface area contributed by atoms with Crippen molar-refractivity contribution in [2.75, 3.05) is 13.7 Å². The van der Waals surface area contributed by atoms with E-state index in [4.69, 9.17) is 9.47 Å². The summed E-state index contributed by atoms with van der Waals surface area (Å²) in [6.45, 7) is 4.41. The van der Waals surface area contributed by atoms with E-state index in [-0.39, 0.29) is 18.1 Å². The molecule has 0 amide bonds. The van der Waals surface area contributed by atoms with Crippen LogP contribution in [0.5, 0.6) is 0 Å². The highest BCUT2D eigenvalue weighted by Gasteiger charge is 2.28. The first-order valence-electron chi connectivity index (χ1n) is 6.68. The highest BCUT2D eigenvalue weighted by Crippen LogP contribution is 2.14. The molecule has 100 valence electrons. The van der Waals surface area contributed by atoms with Crippen LogP contribution in [0.15, 0.2) is 0 Å².